The molecule has 0 spiro atoms. The van der Waals surface area contributed by atoms with E-state index in [2.05, 4.69) is 15.2 Å². The maximum Gasteiger partial charge on any atom is 0.342 e. The van der Waals surface area contributed by atoms with Crippen molar-refractivity contribution in [3.05, 3.63) is 86.7 Å². The van der Waals surface area contributed by atoms with Gasteiger partial charge >= 0.3 is 5.97 Å². The second kappa shape index (κ2) is 9.70. The summed E-state index contributed by atoms with van der Waals surface area (Å²) in [7, 11) is 0. The molecule has 0 fully saturated rings. The van der Waals surface area contributed by atoms with E-state index in [9.17, 15) is 20.0 Å². The number of hydrogen-bond acceptors (Lipinski definition) is 6. The molecule has 4 rings (SSSR count). The first-order chi connectivity index (χ1) is 15.9. The Morgan fingerprint density at radius 2 is 2.00 bits per heavy atom. The normalized spacial score (nSPS) is 11.7. The van der Waals surface area contributed by atoms with Crippen LogP contribution in [-0.2, 0) is 17.8 Å². The summed E-state index contributed by atoms with van der Waals surface area (Å²) in [5.74, 6) is -0.335. The van der Waals surface area contributed by atoms with E-state index >= 15 is 0 Å². The van der Waals surface area contributed by atoms with E-state index in [1.165, 1.54) is 12.1 Å². The average molecular weight is 464 g/mol. The van der Waals surface area contributed by atoms with Crippen LogP contribution < -0.4 is 0 Å². The van der Waals surface area contributed by atoms with Crippen molar-refractivity contribution >= 4 is 40.4 Å². The number of nitro groups is 1. The first-order valence-corrected chi connectivity index (χ1v) is 11.1. The van der Waals surface area contributed by atoms with Crippen molar-refractivity contribution in [1.82, 2.24) is 19.7 Å². The molecule has 2 N–H and O–H groups in total. The van der Waals surface area contributed by atoms with Gasteiger partial charge in [0.05, 0.1) is 4.92 Å². The second-order valence-electron chi connectivity index (χ2n) is 7.38. The topological polar surface area (TPSA) is 127 Å². The molecule has 0 aliphatic heterocycles. The number of aryl methyl sites for hydroxylation is 1. The molecule has 0 atom stereocenters. The van der Waals surface area contributed by atoms with Crippen LogP contribution in [0.1, 0.15) is 30.3 Å². The van der Waals surface area contributed by atoms with E-state index in [-0.39, 0.29) is 10.6 Å². The zero-order chi connectivity index (χ0) is 23.4. The number of carboxylic acids is 1. The molecule has 0 aliphatic rings. The summed E-state index contributed by atoms with van der Waals surface area (Å²) in [6.45, 7) is 2.52. The van der Waals surface area contributed by atoms with E-state index in [4.69, 9.17) is 0 Å². The molecule has 0 bridgehead atoms. The van der Waals surface area contributed by atoms with Gasteiger partial charge in [0.25, 0.3) is 5.69 Å². The monoisotopic (exact) mass is 463 g/mol. The van der Waals surface area contributed by atoms with Gasteiger partial charge in [0.15, 0.2) is 0 Å². The SMILES string of the molecule is CCCc1nc(S/C(=C\c2cn(Cc3ccc([N+](=O)[O-])cc3)c3ccccc23)C(=O)O)n[nH]1. The number of carboxylic acid groups (broad SMARTS) is 1. The molecule has 33 heavy (non-hydrogen) atoms. The lowest BCUT2D eigenvalue weighted by Gasteiger charge is -2.05. The maximum atomic E-state index is 11.9. The van der Waals surface area contributed by atoms with Gasteiger partial charge < -0.3 is 9.67 Å². The Balaban J connectivity index is 1.66. The van der Waals surface area contributed by atoms with Gasteiger partial charge in [-0.25, -0.2) is 9.78 Å². The van der Waals surface area contributed by atoms with Gasteiger partial charge in [0.1, 0.15) is 10.7 Å². The molecule has 10 heteroatoms. The zero-order valence-electron chi connectivity index (χ0n) is 17.8. The van der Waals surface area contributed by atoms with Crippen molar-refractivity contribution in [3.8, 4) is 0 Å². The minimum Gasteiger partial charge on any atom is -0.477 e. The molecule has 4 aromatic rings. The fourth-order valence-electron chi connectivity index (χ4n) is 3.49. The molecular formula is C23H21N5O4S. The van der Waals surface area contributed by atoms with Crippen LogP contribution in [-0.4, -0.2) is 35.7 Å². The van der Waals surface area contributed by atoms with Crippen LogP contribution in [0.4, 0.5) is 5.69 Å². The molecule has 9 nitrogen and oxygen atoms in total. The number of H-pyrrole nitrogens is 1. The summed E-state index contributed by atoms with van der Waals surface area (Å²) >= 11 is 0.999. The molecule has 2 heterocycles. The van der Waals surface area contributed by atoms with E-state index in [0.717, 1.165) is 52.5 Å². The molecule has 0 saturated heterocycles. The number of nitrogens with one attached hydrogen (secondary N) is 1. The van der Waals surface area contributed by atoms with Crippen molar-refractivity contribution in [2.75, 3.05) is 0 Å². The molecule has 168 valence electrons. The van der Waals surface area contributed by atoms with Crippen molar-refractivity contribution in [3.63, 3.8) is 0 Å². The Labute approximate surface area is 193 Å². The van der Waals surface area contributed by atoms with Crippen molar-refractivity contribution in [1.29, 1.82) is 0 Å². The minimum absolute atomic E-state index is 0.0388. The molecule has 0 radical (unpaired) electrons. The van der Waals surface area contributed by atoms with E-state index in [1.54, 1.807) is 18.2 Å². The number of benzene rings is 2. The number of carbonyl (C=O) groups is 1. The molecule has 0 unspecified atom stereocenters. The number of aromatic amines is 1. The fourth-order valence-corrected chi connectivity index (χ4v) is 4.20. The first-order valence-electron chi connectivity index (χ1n) is 10.3. The van der Waals surface area contributed by atoms with Gasteiger partial charge in [-0.05, 0) is 35.9 Å². The third-order valence-corrected chi connectivity index (χ3v) is 5.89. The summed E-state index contributed by atoms with van der Waals surface area (Å²) < 4.78 is 2.00. The number of aliphatic carboxylic acids is 1. The Kier molecular flexibility index (Phi) is 6.55. The number of fused-ring (bicyclic) bond motifs is 1. The summed E-state index contributed by atoms with van der Waals surface area (Å²) in [6.07, 6.45) is 5.17. The number of thioether (sulfide) groups is 1. The van der Waals surface area contributed by atoms with E-state index in [0.29, 0.717) is 11.7 Å². The largest absolute Gasteiger partial charge is 0.477 e. The third-order valence-electron chi connectivity index (χ3n) is 5.02. The Bertz CT molecular complexity index is 1340. The highest BCUT2D eigenvalue weighted by molar-refractivity contribution is 8.04. The predicted molar refractivity (Wildman–Crippen MR) is 126 cm³/mol. The van der Waals surface area contributed by atoms with Gasteiger partial charge in [-0.1, -0.05) is 37.3 Å². The van der Waals surface area contributed by atoms with Gasteiger partial charge in [-0.2, -0.15) is 0 Å². The highest BCUT2D eigenvalue weighted by Gasteiger charge is 2.16. The quantitative estimate of drug-likeness (QED) is 0.157. The minimum atomic E-state index is -1.06. The van der Waals surface area contributed by atoms with Gasteiger partial charge in [0, 0.05) is 47.8 Å². The van der Waals surface area contributed by atoms with Crippen LogP contribution >= 0.6 is 11.8 Å². The van der Waals surface area contributed by atoms with Gasteiger partial charge in [-0.3, -0.25) is 15.2 Å². The predicted octanol–water partition coefficient (Wildman–Crippen LogP) is 4.89. The number of rotatable bonds is 9. The lowest BCUT2D eigenvalue weighted by Crippen LogP contribution is -1.98. The Morgan fingerprint density at radius 1 is 1.24 bits per heavy atom. The lowest BCUT2D eigenvalue weighted by atomic mass is 10.1. The maximum absolute atomic E-state index is 11.9. The second-order valence-corrected chi connectivity index (χ2v) is 8.39. The first kappa shape index (κ1) is 22.3. The average Bonchev–Trinajstić information content (AvgIpc) is 3.38. The van der Waals surface area contributed by atoms with Crippen LogP contribution in [0.5, 0.6) is 0 Å². The molecule has 0 aliphatic carbocycles. The fraction of sp³-hybridized carbons (Fsp3) is 0.174. The Hall–Kier alpha value is -3.92. The van der Waals surface area contributed by atoms with Crippen LogP contribution in [0, 0.1) is 10.1 Å². The van der Waals surface area contributed by atoms with Crippen LogP contribution in [0.2, 0.25) is 0 Å². The van der Waals surface area contributed by atoms with Gasteiger partial charge in [0.2, 0.25) is 5.16 Å². The number of para-hydroxylation sites is 1. The van der Waals surface area contributed by atoms with Crippen LogP contribution in [0.3, 0.4) is 0 Å². The Morgan fingerprint density at radius 3 is 2.70 bits per heavy atom. The van der Waals surface area contributed by atoms with E-state index in [1.807, 2.05) is 42.0 Å². The lowest BCUT2D eigenvalue weighted by molar-refractivity contribution is -0.384. The molecule has 2 aromatic heterocycles. The number of hydrogen-bond donors (Lipinski definition) is 2. The van der Waals surface area contributed by atoms with E-state index < -0.39 is 10.9 Å². The summed E-state index contributed by atoms with van der Waals surface area (Å²) in [6, 6.07) is 14.1. The number of nitrogens with zero attached hydrogens (tertiary/aromatic N) is 4. The number of nitro benzene ring substituents is 1. The van der Waals surface area contributed by atoms with Crippen molar-refractivity contribution in [2.24, 2.45) is 0 Å². The third kappa shape index (κ3) is 5.12. The molecular weight excluding hydrogens is 442 g/mol. The summed E-state index contributed by atoms with van der Waals surface area (Å²) in [5, 5.41) is 28.9. The highest BCUT2D eigenvalue weighted by atomic mass is 32.2. The van der Waals surface area contributed by atoms with Crippen LogP contribution in [0.25, 0.3) is 17.0 Å². The molecule has 0 saturated carbocycles. The van der Waals surface area contributed by atoms with Gasteiger partial charge in [-0.15, -0.1) is 5.10 Å². The zero-order valence-corrected chi connectivity index (χ0v) is 18.6. The summed E-state index contributed by atoms with van der Waals surface area (Å²) in [5.41, 5.74) is 2.62. The van der Waals surface area contributed by atoms with Crippen molar-refractivity contribution in [2.45, 2.75) is 31.5 Å². The van der Waals surface area contributed by atoms with Crippen molar-refractivity contribution < 1.29 is 14.8 Å². The van der Waals surface area contributed by atoms with Crippen LogP contribution in [0.15, 0.2) is 64.8 Å². The molecule has 0 amide bonds. The standard InChI is InChI=1S/C23H21N5O4S/c1-2-5-21-24-23(26-25-21)33-20(22(29)30)12-16-14-27(19-7-4-3-6-18(16)19)13-15-8-10-17(11-9-15)28(31)32/h3-4,6-12,14H,2,5,13H2,1H3,(H,29,30)(H,24,25,26)/b20-12-. The number of aromatic nitrogens is 4. The summed E-state index contributed by atoms with van der Waals surface area (Å²) in [4.78, 5) is 26.9. The molecule has 2 aromatic carbocycles. The number of non-ortho nitro benzene ring substituents is 1. The smallest absolute Gasteiger partial charge is 0.342 e. The highest BCUT2D eigenvalue weighted by Crippen LogP contribution is 2.30.